The number of anilines is 2. The van der Waals surface area contributed by atoms with Crippen LogP contribution in [0.5, 0.6) is 0 Å². The van der Waals surface area contributed by atoms with Crippen LogP contribution in [0, 0.1) is 5.82 Å². The summed E-state index contributed by atoms with van der Waals surface area (Å²) in [4.78, 5) is 17.7. The molecule has 4 aromatic carbocycles. The van der Waals surface area contributed by atoms with Crippen LogP contribution in [0.2, 0.25) is 0 Å². The van der Waals surface area contributed by atoms with Crippen molar-refractivity contribution in [2.75, 3.05) is 10.0 Å². The highest BCUT2D eigenvalue weighted by molar-refractivity contribution is 7.92. The van der Waals surface area contributed by atoms with Crippen molar-refractivity contribution < 1.29 is 17.6 Å². The number of sulfonamides is 1. The summed E-state index contributed by atoms with van der Waals surface area (Å²) in [6, 6.07) is 19.2. The van der Waals surface area contributed by atoms with E-state index in [9.17, 15) is 17.6 Å². The molecular weight excluding hydrogens is 485 g/mol. The minimum absolute atomic E-state index is 0.108. The highest BCUT2D eigenvalue weighted by atomic mass is 32.2. The zero-order valence-electron chi connectivity index (χ0n) is 18.2. The van der Waals surface area contributed by atoms with Crippen molar-refractivity contribution in [1.82, 2.24) is 4.98 Å². The van der Waals surface area contributed by atoms with Gasteiger partial charge < -0.3 is 0 Å². The number of carbonyl (C=O) groups excluding carboxylic acids is 1. The standard InChI is InChI=1S/C26H18FN3O3S2/c27-17-10-12-18(13-11-17)35(32,33)30-21-7-2-1-5-19(21)25(31)29-26-28-24-20-6-3-4-15-8-9-16(23(15)20)14-22(24)34-26/h1-7,10-14,30H,8-9H2,(H,28,29,31). The molecule has 0 unspecified atom stereocenters. The Balaban J connectivity index is 1.32. The number of rotatable bonds is 5. The smallest absolute Gasteiger partial charge is 0.261 e. The van der Waals surface area contributed by atoms with Crippen LogP contribution in [0.3, 0.4) is 0 Å². The van der Waals surface area contributed by atoms with Gasteiger partial charge in [-0.1, -0.05) is 41.7 Å². The van der Waals surface area contributed by atoms with E-state index in [2.05, 4.69) is 33.2 Å². The summed E-state index contributed by atoms with van der Waals surface area (Å²) in [5.74, 6) is -1.03. The Morgan fingerprint density at radius 1 is 0.943 bits per heavy atom. The van der Waals surface area contributed by atoms with Gasteiger partial charge in [0.2, 0.25) is 0 Å². The predicted molar refractivity (Wildman–Crippen MR) is 136 cm³/mol. The molecule has 1 aliphatic carbocycles. The topological polar surface area (TPSA) is 88.2 Å². The largest absolute Gasteiger partial charge is 0.298 e. The third kappa shape index (κ3) is 3.82. The van der Waals surface area contributed by atoms with Crippen LogP contribution in [0.1, 0.15) is 21.5 Å². The Kier molecular flexibility index (Phi) is 5.05. The number of aromatic nitrogens is 1. The van der Waals surface area contributed by atoms with Gasteiger partial charge in [0, 0.05) is 5.39 Å². The summed E-state index contributed by atoms with van der Waals surface area (Å²) in [6.45, 7) is 0. The summed E-state index contributed by atoms with van der Waals surface area (Å²) in [5.41, 5.74) is 3.72. The van der Waals surface area contributed by atoms with E-state index in [4.69, 9.17) is 0 Å². The van der Waals surface area contributed by atoms with Gasteiger partial charge in [0.15, 0.2) is 5.13 Å². The van der Waals surface area contributed by atoms with Crippen LogP contribution in [0.4, 0.5) is 15.2 Å². The molecule has 0 bridgehead atoms. The fraction of sp³-hybridized carbons (Fsp3) is 0.0769. The summed E-state index contributed by atoms with van der Waals surface area (Å²) in [7, 11) is -4.02. The molecule has 0 radical (unpaired) electrons. The van der Waals surface area contributed by atoms with E-state index in [1.165, 1.54) is 52.1 Å². The maximum absolute atomic E-state index is 13.2. The zero-order valence-corrected chi connectivity index (χ0v) is 19.8. The first-order valence-corrected chi connectivity index (χ1v) is 13.2. The molecule has 0 saturated heterocycles. The van der Waals surface area contributed by atoms with Crippen LogP contribution in [0.25, 0.3) is 21.0 Å². The van der Waals surface area contributed by atoms with Gasteiger partial charge in [-0.15, -0.1) is 0 Å². The minimum Gasteiger partial charge on any atom is -0.298 e. The van der Waals surface area contributed by atoms with E-state index in [0.29, 0.717) is 5.13 Å². The first-order valence-electron chi connectivity index (χ1n) is 10.9. The molecular formula is C26H18FN3O3S2. The van der Waals surface area contributed by atoms with E-state index in [-0.39, 0.29) is 16.1 Å². The number of halogens is 1. The number of para-hydroxylation sites is 1. The van der Waals surface area contributed by atoms with Crippen molar-refractivity contribution in [3.63, 3.8) is 0 Å². The summed E-state index contributed by atoms with van der Waals surface area (Å²) in [5, 5.41) is 5.59. The number of carbonyl (C=O) groups is 1. The van der Waals surface area contributed by atoms with Gasteiger partial charge in [-0.2, -0.15) is 0 Å². The normalized spacial score (nSPS) is 12.8. The van der Waals surface area contributed by atoms with Gasteiger partial charge in [0.1, 0.15) is 5.82 Å². The first-order chi connectivity index (χ1) is 16.9. The van der Waals surface area contributed by atoms with Crippen molar-refractivity contribution in [3.05, 3.63) is 95.3 Å². The molecule has 0 spiro atoms. The quantitative estimate of drug-likeness (QED) is 0.320. The second-order valence-electron chi connectivity index (χ2n) is 8.30. The molecule has 1 aromatic heterocycles. The number of nitrogens with zero attached hydrogens (tertiary/aromatic N) is 1. The molecule has 0 fully saturated rings. The number of fused-ring (bicyclic) bond motifs is 2. The van der Waals surface area contributed by atoms with Crippen molar-refractivity contribution >= 4 is 59.1 Å². The number of hydrogen-bond donors (Lipinski definition) is 2. The minimum atomic E-state index is -4.02. The lowest BCUT2D eigenvalue weighted by Gasteiger charge is -2.12. The average molecular weight is 504 g/mol. The van der Waals surface area contributed by atoms with E-state index >= 15 is 0 Å². The van der Waals surface area contributed by atoms with Crippen molar-refractivity contribution in [3.8, 4) is 0 Å². The number of aryl methyl sites for hydroxylation is 2. The van der Waals surface area contributed by atoms with Gasteiger partial charge in [0.05, 0.1) is 26.4 Å². The van der Waals surface area contributed by atoms with Gasteiger partial charge in [0.25, 0.3) is 15.9 Å². The Morgan fingerprint density at radius 3 is 2.54 bits per heavy atom. The fourth-order valence-corrected chi connectivity index (χ4v) is 6.53. The van der Waals surface area contributed by atoms with Gasteiger partial charge >= 0.3 is 0 Å². The van der Waals surface area contributed by atoms with E-state index in [1.807, 2.05) is 6.07 Å². The SMILES string of the molecule is O=C(Nc1nc2c(cc3c4c(cccc42)CC3)s1)c1ccccc1NS(=O)(=O)c1ccc(F)cc1. The maximum Gasteiger partial charge on any atom is 0.261 e. The Morgan fingerprint density at radius 2 is 1.71 bits per heavy atom. The second-order valence-corrected chi connectivity index (χ2v) is 11.0. The molecule has 2 N–H and O–H groups in total. The van der Waals surface area contributed by atoms with E-state index < -0.39 is 21.7 Å². The lowest BCUT2D eigenvalue weighted by atomic mass is 10.0. The summed E-state index contributed by atoms with van der Waals surface area (Å²) >= 11 is 1.39. The molecule has 5 aromatic rings. The van der Waals surface area contributed by atoms with Crippen LogP contribution in [0.15, 0.2) is 77.7 Å². The van der Waals surface area contributed by atoms with Gasteiger partial charge in [-0.25, -0.2) is 17.8 Å². The molecule has 174 valence electrons. The van der Waals surface area contributed by atoms with Gasteiger partial charge in [-0.05, 0) is 71.8 Å². The molecule has 35 heavy (non-hydrogen) atoms. The van der Waals surface area contributed by atoms with Crippen LogP contribution in [-0.4, -0.2) is 19.3 Å². The number of amides is 1. The maximum atomic E-state index is 13.2. The number of nitrogens with one attached hydrogen (secondary N) is 2. The first kappa shape index (κ1) is 21.7. The molecule has 1 heterocycles. The van der Waals surface area contributed by atoms with E-state index in [1.54, 1.807) is 12.1 Å². The Bertz CT molecular complexity index is 1750. The lowest BCUT2D eigenvalue weighted by Crippen LogP contribution is -2.18. The number of hydrogen-bond acceptors (Lipinski definition) is 5. The Hall–Kier alpha value is -3.82. The van der Waals surface area contributed by atoms with Crippen molar-refractivity contribution in [2.45, 2.75) is 17.7 Å². The Labute approximate surface area is 204 Å². The highest BCUT2D eigenvalue weighted by Crippen LogP contribution is 2.39. The molecule has 0 atom stereocenters. The zero-order chi connectivity index (χ0) is 24.2. The molecule has 1 amide bonds. The fourth-order valence-electron chi connectivity index (χ4n) is 4.51. The lowest BCUT2D eigenvalue weighted by molar-refractivity contribution is 0.102. The monoisotopic (exact) mass is 503 g/mol. The van der Waals surface area contributed by atoms with Crippen LogP contribution < -0.4 is 10.0 Å². The van der Waals surface area contributed by atoms with Crippen LogP contribution in [-0.2, 0) is 22.9 Å². The number of benzene rings is 4. The average Bonchev–Trinajstić information content (AvgIpc) is 3.44. The van der Waals surface area contributed by atoms with E-state index in [0.717, 1.165) is 40.6 Å². The van der Waals surface area contributed by atoms with Crippen LogP contribution >= 0.6 is 11.3 Å². The highest BCUT2D eigenvalue weighted by Gasteiger charge is 2.21. The van der Waals surface area contributed by atoms with Crippen molar-refractivity contribution in [1.29, 1.82) is 0 Å². The summed E-state index contributed by atoms with van der Waals surface area (Å²) < 4.78 is 42.2. The third-order valence-corrected chi connectivity index (χ3v) is 8.41. The summed E-state index contributed by atoms with van der Waals surface area (Å²) in [6.07, 6.45) is 2.02. The van der Waals surface area contributed by atoms with Crippen molar-refractivity contribution in [2.24, 2.45) is 0 Å². The molecule has 0 saturated carbocycles. The molecule has 6 nitrogen and oxygen atoms in total. The molecule has 0 aliphatic heterocycles. The third-order valence-electron chi connectivity index (χ3n) is 6.11. The van der Waals surface area contributed by atoms with Gasteiger partial charge in [-0.3, -0.25) is 14.8 Å². The molecule has 1 aliphatic rings. The number of thiazole rings is 1. The second kappa shape index (κ2) is 8.14. The predicted octanol–water partition coefficient (Wildman–Crippen LogP) is 5.74. The molecule has 9 heteroatoms. The molecule has 6 rings (SSSR count).